The van der Waals surface area contributed by atoms with Gasteiger partial charge in [0, 0.05) is 12.0 Å². The zero-order valence-electron chi connectivity index (χ0n) is 13.1. The summed E-state index contributed by atoms with van der Waals surface area (Å²) in [5.41, 5.74) is 3.46. The van der Waals surface area contributed by atoms with E-state index in [9.17, 15) is 4.39 Å². The SMILES string of the molecule is CCCNC(c1cc(F)ccc1C)C(C)c1ccccc1. The van der Waals surface area contributed by atoms with E-state index in [0.29, 0.717) is 5.92 Å². The van der Waals surface area contributed by atoms with Crippen LogP contribution in [0.1, 0.15) is 48.9 Å². The van der Waals surface area contributed by atoms with Crippen LogP contribution in [0.4, 0.5) is 4.39 Å². The molecule has 2 rings (SSSR count). The lowest BCUT2D eigenvalue weighted by molar-refractivity contribution is 0.462. The van der Waals surface area contributed by atoms with Crippen LogP contribution in [0.3, 0.4) is 0 Å². The first kappa shape index (κ1) is 15.7. The third-order valence-electron chi connectivity index (χ3n) is 4.02. The Bertz CT molecular complexity index is 565. The molecule has 0 spiro atoms. The monoisotopic (exact) mass is 285 g/mol. The Balaban J connectivity index is 2.36. The Labute approximate surface area is 127 Å². The van der Waals surface area contributed by atoms with Gasteiger partial charge in [0.25, 0.3) is 0 Å². The normalized spacial score (nSPS) is 13.9. The molecule has 2 unspecified atom stereocenters. The molecule has 0 fully saturated rings. The first-order valence-corrected chi connectivity index (χ1v) is 7.68. The Morgan fingerprint density at radius 1 is 1.10 bits per heavy atom. The molecular formula is C19H24FN. The lowest BCUT2D eigenvalue weighted by Gasteiger charge is -2.27. The molecule has 1 nitrogen and oxygen atoms in total. The summed E-state index contributed by atoms with van der Waals surface area (Å²) in [6, 6.07) is 15.6. The highest BCUT2D eigenvalue weighted by Gasteiger charge is 2.22. The van der Waals surface area contributed by atoms with Gasteiger partial charge in [0.2, 0.25) is 0 Å². The standard InChI is InChI=1S/C19H24FN/c1-4-12-21-19(15(3)16-8-6-5-7-9-16)18-13-17(20)11-10-14(18)2/h5-11,13,15,19,21H,4,12H2,1-3H3. The van der Waals surface area contributed by atoms with Crippen LogP contribution in [0.5, 0.6) is 0 Å². The van der Waals surface area contributed by atoms with E-state index in [1.165, 1.54) is 11.6 Å². The summed E-state index contributed by atoms with van der Waals surface area (Å²) in [4.78, 5) is 0. The number of rotatable bonds is 6. The number of hydrogen-bond acceptors (Lipinski definition) is 1. The first-order chi connectivity index (χ1) is 10.1. The molecule has 1 N–H and O–H groups in total. The number of hydrogen-bond donors (Lipinski definition) is 1. The van der Waals surface area contributed by atoms with Gasteiger partial charge in [-0.2, -0.15) is 0 Å². The second-order valence-corrected chi connectivity index (χ2v) is 5.63. The number of benzene rings is 2. The van der Waals surface area contributed by atoms with E-state index < -0.39 is 0 Å². The van der Waals surface area contributed by atoms with Crippen molar-refractivity contribution in [2.24, 2.45) is 0 Å². The molecule has 0 aromatic heterocycles. The molecule has 2 heteroatoms. The van der Waals surface area contributed by atoms with E-state index in [-0.39, 0.29) is 11.9 Å². The van der Waals surface area contributed by atoms with Gasteiger partial charge in [0.05, 0.1) is 0 Å². The Morgan fingerprint density at radius 3 is 2.48 bits per heavy atom. The fourth-order valence-corrected chi connectivity index (χ4v) is 2.75. The van der Waals surface area contributed by atoms with E-state index in [4.69, 9.17) is 0 Å². The summed E-state index contributed by atoms with van der Waals surface area (Å²) in [5, 5.41) is 3.59. The highest BCUT2D eigenvalue weighted by molar-refractivity contribution is 5.33. The molecule has 0 heterocycles. The minimum atomic E-state index is -0.167. The summed E-state index contributed by atoms with van der Waals surface area (Å²) in [5.74, 6) is 0.123. The molecular weight excluding hydrogens is 261 g/mol. The van der Waals surface area contributed by atoms with Crippen molar-refractivity contribution in [3.8, 4) is 0 Å². The molecule has 0 saturated carbocycles. The summed E-state index contributed by atoms with van der Waals surface area (Å²) >= 11 is 0. The highest BCUT2D eigenvalue weighted by Crippen LogP contribution is 2.32. The van der Waals surface area contributed by atoms with E-state index in [1.54, 1.807) is 6.07 Å². The predicted octanol–water partition coefficient (Wildman–Crippen LogP) is 4.98. The van der Waals surface area contributed by atoms with Crippen LogP contribution < -0.4 is 5.32 Å². The van der Waals surface area contributed by atoms with Gasteiger partial charge in [-0.25, -0.2) is 4.39 Å². The lowest BCUT2D eigenvalue weighted by atomic mass is 9.86. The largest absolute Gasteiger partial charge is 0.309 e. The second kappa shape index (κ2) is 7.37. The van der Waals surface area contributed by atoms with Crippen LogP contribution >= 0.6 is 0 Å². The summed E-state index contributed by atoms with van der Waals surface area (Å²) < 4.78 is 13.7. The summed E-state index contributed by atoms with van der Waals surface area (Å²) in [6.45, 7) is 7.33. The zero-order chi connectivity index (χ0) is 15.2. The van der Waals surface area contributed by atoms with Gasteiger partial charge in [-0.3, -0.25) is 0 Å². The maximum Gasteiger partial charge on any atom is 0.123 e. The van der Waals surface area contributed by atoms with Crippen molar-refractivity contribution in [2.45, 2.75) is 39.2 Å². The van der Waals surface area contributed by atoms with Gasteiger partial charge in [0.1, 0.15) is 5.82 Å². The van der Waals surface area contributed by atoms with Crippen LogP contribution in [-0.4, -0.2) is 6.54 Å². The predicted molar refractivity (Wildman–Crippen MR) is 87.0 cm³/mol. The molecule has 0 saturated heterocycles. The van der Waals surface area contributed by atoms with Crippen molar-refractivity contribution in [1.82, 2.24) is 5.32 Å². The fourth-order valence-electron chi connectivity index (χ4n) is 2.75. The quantitative estimate of drug-likeness (QED) is 0.789. The van der Waals surface area contributed by atoms with Crippen molar-refractivity contribution >= 4 is 0 Å². The van der Waals surface area contributed by atoms with Crippen LogP contribution in [0, 0.1) is 12.7 Å². The average molecular weight is 285 g/mol. The van der Waals surface area contributed by atoms with Crippen molar-refractivity contribution in [2.75, 3.05) is 6.54 Å². The van der Waals surface area contributed by atoms with E-state index in [1.807, 2.05) is 19.1 Å². The molecule has 112 valence electrons. The molecule has 2 aromatic rings. The van der Waals surface area contributed by atoms with Crippen LogP contribution in [0.15, 0.2) is 48.5 Å². The van der Waals surface area contributed by atoms with Crippen molar-refractivity contribution < 1.29 is 4.39 Å². The number of halogens is 1. The molecule has 0 aliphatic rings. The Hall–Kier alpha value is -1.67. The van der Waals surface area contributed by atoms with Gasteiger partial charge in [-0.15, -0.1) is 0 Å². The third kappa shape index (κ3) is 3.92. The van der Waals surface area contributed by atoms with Crippen LogP contribution in [0.2, 0.25) is 0 Å². The molecule has 0 amide bonds. The van der Waals surface area contributed by atoms with Crippen molar-refractivity contribution in [1.29, 1.82) is 0 Å². The molecule has 0 aliphatic carbocycles. The summed E-state index contributed by atoms with van der Waals surface area (Å²) in [7, 11) is 0. The topological polar surface area (TPSA) is 12.0 Å². The van der Waals surface area contributed by atoms with Gasteiger partial charge in [-0.05, 0) is 48.7 Å². The van der Waals surface area contributed by atoms with E-state index in [0.717, 1.165) is 24.1 Å². The zero-order valence-corrected chi connectivity index (χ0v) is 13.1. The lowest BCUT2D eigenvalue weighted by Crippen LogP contribution is -2.27. The van der Waals surface area contributed by atoms with Crippen LogP contribution in [0.25, 0.3) is 0 Å². The van der Waals surface area contributed by atoms with Crippen molar-refractivity contribution in [3.63, 3.8) is 0 Å². The third-order valence-corrected chi connectivity index (χ3v) is 4.02. The maximum atomic E-state index is 13.7. The number of nitrogens with one attached hydrogen (secondary N) is 1. The van der Waals surface area contributed by atoms with Gasteiger partial charge in [0.15, 0.2) is 0 Å². The molecule has 0 aliphatic heterocycles. The van der Waals surface area contributed by atoms with Crippen molar-refractivity contribution in [3.05, 3.63) is 71.0 Å². The first-order valence-electron chi connectivity index (χ1n) is 7.68. The molecule has 2 aromatic carbocycles. The molecule has 0 radical (unpaired) electrons. The van der Waals surface area contributed by atoms with Gasteiger partial charge >= 0.3 is 0 Å². The molecule has 21 heavy (non-hydrogen) atoms. The minimum Gasteiger partial charge on any atom is -0.309 e. The average Bonchev–Trinajstić information content (AvgIpc) is 2.51. The Kier molecular flexibility index (Phi) is 5.51. The second-order valence-electron chi connectivity index (χ2n) is 5.63. The van der Waals surface area contributed by atoms with Gasteiger partial charge < -0.3 is 5.32 Å². The molecule has 2 atom stereocenters. The maximum absolute atomic E-state index is 13.7. The van der Waals surface area contributed by atoms with E-state index in [2.05, 4.69) is 43.4 Å². The number of aryl methyl sites for hydroxylation is 1. The van der Waals surface area contributed by atoms with Crippen LogP contribution in [-0.2, 0) is 0 Å². The van der Waals surface area contributed by atoms with E-state index >= 15 is 0 Å². The van der Waals surface area contributed by atoms with Gasteiger partial charge in [-0.1, -0.05) is 50.2 Å². The smallest absolute Gasteiger partial charge is 0.123 e. The minimum absolute atomic E-state index is 0.128. The Morgan fingerprint density at radius 2 is 1.81 bits per heavy atom. The fraction of sp³-hybridized carbons (Fsp3) is 0.368. The summed E-state index contributed by atoms with van der Waals surface area (Å²) in [6.07, 6.45) is 1.06. The molecule has 0 bridgehead atoms. The highest BCUT2D eigenvalue weighted by atomic mass is 19.1.